The molecule has 1 heterocycles. The fraction of sp³-hybridized carbons (Fsp3) is 0.286. The highest BCUT2D eigenvalue weighted by Gasteiger charge is 2.08. The highest BCUT2D eigenvalue weighted by molar-refractivity contribution is 5.24. The van der Waals surface area contributed by atoms with Crippen molar-refractivity contribution < 1.29 is 17.9 Å². The molecule has 1 N–H and O–H groups in total. The highest BCUT2D eigenvalue weighted by Crippen LogP contribution is 2.17. The summed E-state index contributed by atoms with van der Waals surface area (Å²) in [4.78, 5) is 0. The second-order valence-electron chi connectivity index (χ2n) is 4.25. The molecule has 0 amide bonds. The molecule has 0 saturated carbocycles. The summed E-state index contributed by atoms with van der Waals surface area (Å²) in [7, 11) is 0. The van der Waals surface area contributed by atoms with Gasteiger partial charge in [0.25, 0.3) is 0 Å². The van der Waals surface area contributed by atoms with Crippen LogP contribution in [0, 0.1) is 11.6 Å². The minimum Gasteiger partial charge on any atom is -0.489 e. The van der Waals surface area contributed by atoms with Crippen LogP contribution in [0.25, 0.3) is 0 Å². The van der Waals surface area contributed by atoms with Crippen molar-refractivity contribution in [2.75, 3.05) is 6.61 Å². The zero-order chi connectivity index (χ0) is 13.7. The molecule has 0 saturated heterocycles. The Labute approximate surface area is 110 Å². The van der Waals surface area contributed by atoms with Gasteiger partial charge in [0.05, 0.1) is 12.8 Å². The van der Waals surface area contributed by atoms with Gasteiger partial charge in [-0.25, -0.2) is 8.78 Å². The smallest absolute Gasteiger partial charge is 0.167 e. The second-order valence-corrected chi connectivity index (χ2v) is 4.25. The van der Waals surface area contributed by atoms with Gasteiger partial charge in [0, 0.05) is 12.1 Å². The summed E-state index contributed by atoms with van der Waals surface area (Å²) in [6, 6.07) is 6.93. The molecule has 102 valence electrons. The summed E-state index contributed by atoms with van der Waals surface area (Å²) in [5, 5.41) is 3.17. The standard InChI is InChI=1S/C14H15F2NO2/c1-10(17-8-12-3-2-6-18-12)9-19-14-5-4-11(15)7-13(14)16/h2-7,10,17H,8-9H2,1H3. The quantitative estimate of drug-likeness (QED) is 0.873. The Morgan fingerprint density at radius 3 is 2.84 bits per heavy atom. The molecule has 5 heteroatoms. The van der Waals surface area contributed by atoms with Gasteiger partial charge in [-0.2, -0.15) is 0 Å². The van der Waals surface area contributed by atoms with Crippen LogP contribution in [0.4, 0.5) is 8.78 Å². The fourth-order valence-electron chi connectivity index (χ4n) is 1.55. The predicted octanol–water partition coefficient (Wildman–Crippen LogP) is 3.11. The summed E-state index contributed by atoms with van der Waals surface area (Å²) in [6.45, 7) is 2.76. The van der Waals surface area contributed by atoms with Crippen LogP contribution in [0.3, 0.4) is 0 Å². The van der Waals surface area contributed by atoms with E-state index >= 15 is 0 Å². The molecule has 2 aromatic rings. The third-order valence-electron chi connectivity index (χ3n) is 2.59. The summed E-state index contributed by atoms with van der Waals surface area (Å²) in [6.07, 6.45) is 1.60. The van der Waals surface area contributed by atoms with Crippen LogP contribution in [-0.2, 0) is 6.54 Å². The molecular weight excluding hydrogens is 252 g/mol. The highest BCUT2D eigenvalue weighted by atomic mass is 19.1. The number of halogens is 2. The Morgan fingerprint density at radius 1 is 1.32 bits per heavy atom. The maximum Gasteiger partial charge on any atom is 0.167 e. The topological polar surface area (TPSA) is 34.4 Å². The third kappa shape index (κ3) is 4.06. The molecule has 0 radical (unpaired) electrons. The van der Waals surface area contributed by atoms with Crippen molar-refractivity contribution in [2.24, 2.45) is 0 Å². The molecule has 0 bridgehead atoms. The molecule has 1 aromatic heterocycles. The van der Waals surface area contributed by atoms with Crippen LogP contribution >= 0.6 is 0 Å². The van der Waals surface area contributed by atoms with Crippen LogP contribution in [-0.4, -0.2) is 12.6 Å². The van der Waals surface area contributed by atoms with E-state index in [4.69, 9.17) is 9.15 Å². The van der Waals surface area contributed by atoms with Gasteiger partial charge in [-0.05, 0) is 31.2 Å². The zero-order valence-corrected chi connectivity index (χ0v) is 10.5. The molecule has 3 nitrogen and oxygen atoms in total. The first-order chi connectivity index (χ1) is 9.15. The first kappa shape index (κ1) is 13.5. The lowest BCUT2D eigenvalue weighted by atomic mass is 10.3. The van der Waals surface area contributed by atoms with E-state index < -0.39 is 11.6 Å². The van der Waals surface area contributed by atoms with Crippen LogP contribution < -0.4 is 10.1 Å². The number of furan rings is 1. The van der Waals surface area contributed by atoms with Gasteiger partial charge in [0.1, 0.15) is 18.2 Å². The predicted molar refractivity (Wildman–Crippen MR) is 66.9 cm³/mol. The average molecular weight is 267 g/mol. The van der Waals surface area contributed by atoms with Crippen LogP contribution in [0.15, 0.2) is 41.0 Å². The van der Waals surface area contributed by atoms with Crippen molar-refractivity contribution >= 4 is 0 Å². The van der Waals surface area contributed by atoms with Crippen molar-refractivity contribution in [3.8, 4) is 5.75 Å². The molecule has 0 aliphatic heterocycles. The number of hydrogen-bond donors (Lipinski definition) is 1. The van der Waals surface area contributed by atoms with E-state index in [0.717, 1.165) is 11.8 Å². The molecule has 1 atom stereocenters. The van der Waals surface area contributed by atoms with E-state index in [1.54, 1.807) is 6.26 Å². The summed E-state index contributed by atoms with van der Waals surface area (Å²) < 4.78 is 36.5. The third-order valence-corrected chi connectivity index (χ3v) is 2.59. The van der Waals surface area contributed by atoms with E-state index in [-0.39, 0.29) is 18.4 Å². The maximum atomic E-state index is 13.3. The molecule has 2 rings (SSSR count). The molecule has 0 fully saturated rings. The molecule has 19 heavy (non-hydrogen) atoms. The van der Waals surface area contributed by atoms with E-state index in [9.17, 15) is 8.78 Å². The van der Waals surface area contributed by atoms with E-state index in [1.807, 2.05) is 19.1 Å². The summed E-state index contributed by atoms with van der Waals surface area (Å²) in [5.74, 6) is -0.445. The zero-order valence-electron chi connectivity index (χ0n) is 10.5. The molecule has 1 aromatic carbocycles. The minimum atomic E-state index is -0.696. The van der Waals surface area contributed by atoms with Crippen molar-refractivity contribution in [2.45, 2.75) is 19.5 Å². The van der Waals surface area contributed by atoms with Gasteiger partial charge in [-0.1, -0.05) is 0 Å². The number of hydrogen-bond acceptors (Lipinski definition) is 3. The van der Waals surface area contributed by atoms with E-state index in [1.165, 1.54) is 12.1 Å². The fourth-order valence-corrected chi connectivity index (χ4v) is 1.55. The SMILES string of the molecule is CC(COc1ccc(F)cc1F)NCc1ccco1. The molecular formula is C14H15F2NO2. The maximum absolute atomic E-state index is 13.3. The lowest BCUT2D eigenvalue weighted by Crippen LogP contribution is -2.31. The van der Waals surface area contributed by atoms with Gasteiger partial charge >= 0.3 is 0 Å². The van der Waals surface area contributed by atoms with E-state index in [0.29, 0.717) is 6.54 Å². The average Bonchev–Trinajstić information content (AvgIpc) is 2.88. The Morgan fingerprint density at radius 2 is 2.16 bits per heavy atom. The van der Waals surface area contributed by atoms with Crippen LogP contribution in [0.1, 0.15) is 12.7 Å². The number of ether oxygens (including phenoxy) is 1. The van der Waals surface area contributed by atoms with Crippen molar-refractivity contribution in [1.82, 2.24) is 5.32 Å². The Hall–Kier alpha value is -1.88. The lowest BCUT2D eigenvalue weighted by molar-refractivity contribution is 0.258. The number of nitrogens with one attached hydrogen (secondary N) is 1. The van der Waals surface area contributed by atoms with E-state index in [2.05, 4.69) is 5.32 Å². The van der Waals surface area contributed by atoms with Gasteiger partial charge in [0.2, 0.25) is 0 Å². The van der Waals surface area contributed by atoms with Gasteiger partial charge in [0.15, 0.2) is 11.6 Å². The molecule has 0 spiro atoms. The minimum absolute atomic E-state index is 0.00885. The monoisotopic (exact) mass is 267 g/mol. The van der Waals surface area contributed by atoms with Crippen LogP contribution in [0.2, 0.25) is 0 Å². The number of benzene rings is 1. The van der Waals surface area contributed by atoms with Gasteiger partial charge in [-0.3, -0.25) is 0 Å². The van der Waals surface area contributed by atoms with Crippen molar-refractivity contribution in [3.05, 3.63) is 54.0 Å². The lowest BCUT2D eigenvalue weighted by Gasteiger charge is -2.14. The van der Waals surface area contributed by atoms with Gasteiger partial charge < -0.3 is 14.5 Å². The van der Waals surface area contributed by atoms with Gasteiger partial charge in [-0.15, -0.1) is 0 Å². The summed E-state index contributed by atoms with van der Waals surface area (Å²) >= 11 is 0. The second kappa shape index (κ2) is 6.33. The Balaban J connectivity index is 1.78. The number of rotatable bonds is 6. The van der Waals surface area contributed by atoms with Crippen molar-refractivity contribution in [1.29, 1.82) is 0 Å². The first-order valence-corrected chi connectivity index (χ1v) is 5.99. The largest absolute Gasteiger partial charge is 0.489 e. The molecule has 1 unspecified atom stereocenters. The first-order valence-electron chi connectivity index (χ1n) is 5.99. The molecule has 0 aliphatic rings. The normalized spacial score (nSPS) is 12.4. The Kier molecular flexibility index (Phi) is 4.52. The van der Waals surface area contributed by atoms with Crippen molar-refractivity contribution in [3.63, 3.8) is 0 Å². The van der Waals surface area contributed by atoms with Crippen LogP contribution in [0.5, 0.6) is 5.75 Å². The molecule has 0 aliphatic carbocycles. The Bertz CT molecular complexity index is 514. The summed E-state index contributed by atoms with van der Waals surface area (Å²) in [5.41, 5.74) is 0.